The highest BCUT2D eigenvalue weighted by atomic mass is 32.2. The van der Waals surface area contributed by atoms with Gasteiger partial charge in [-0.2, -0.15) is 5.26 Å². The van der Waals surface area contributed by atoms with Crippen LogP contribution < -0.4 is 9.46 Å². The zero-order valence-corrected chi connectivity index (χ0v) is 20.2. The van der Waals surface area contributed by atoms with Crippen LogP contribution in [0.25, 0.3) is 0 Å². The molecule has 8 nitrogen and oxygen atoms in total. The normalized spacial score (nSPS) is 21.0. The van der Waals surface area contributed by atoms with E-state index in [0.29, 0.717) is 51.4 Å². The molecule has 1 N–H and O–H groups in total. The predicted molar refractivity (Wildman–Crippen MR) is 124 cm³/mol. The standard InChI is InChI=1S/C24H28F2N4O4S/c1-17-2-5-24(22(26)10-17)35(31,32)28-6-7-29-13-19-15-30(16-20(14-29)34-19)8-9-33-23-4-3-18(12-27)11-21(23)25/h2-5,10-11,19-20,28H,6-9,13-16H2,1H3. The molecular weight excluding hydrogens is 478 g/mol. The Morgan fingerprint density at radius 2 is 1.74 bits per heavy atom. The fourth-order valence-electron chi connectivity index (χ4n) is 4.44. The molecule has 0 aliphatic carbocycles. The predicted octanol–water partition coefficient (Wildman–Crippen LogP) is 1.89. The van der Waals surface area contributed by atoms with E-state index in [1.807, 2.05) is 6.07 Å². The van der Waals surface area contributed by atoms with Gasteiger partial charge in [-0.3, -0.25) is 9.80 Å². The number of rotatable bonds is 9. The largest absolute Gasteiger partial charge is 0.489 e. The van der Waals surface area contributed by atoms with Crippen LogP contribution in [0.2, 0.25) is 0 Å². The number of nitrogens with one attached hydrogen (secondary N) is 1. The minimum atomic E-state index is -3.92. The highest BCUT2D eigenvalue weighted by Crippen LogP contribution is 2.21. The van der Waals surface area contributed by atoms with Crippen LogP contribution in [0.4, 0.5) is 8.78 Å². The number of halogens is 2. The molecule has 2 aromatic carbocycles. The number of nitriles is 1. The molecule has 0 amide bonds. The first-order valence-electron chi connectivity index (χ1n) is 11.4. The second-order valence-corrected chi connectivity index (χ2v) is 10.6. The third-order valence-electron chi connectivity index (χ3n) is 6.06. The summed E-state index contributed by atoms with van der Waals surface area (Å²) in [5.74, 6) is -1.19. The van der Waals surface area contributed by atoms with Crippen LogP contribution in [0.3, 0.4) is 0 Å². The number of sulfonamides is 1. The lowest BCUT2D eigenvalue weighted by atomic mass is 10.1. The van der Waals surface area contributed by atoms with E-state index in [9.17, 15) is 17.2 Å². The van der Waals surface area contributed by atoms with Crippen molar-refractivity contribution in [3.8, 4) is 11.8 Å². The van der Waals surface area contributed by atoms with Gasteiger partial charge in [0.05, 0.1) is 23.8 Å². The van der Waals surface area contributed by atoms with Crippen molar-refractivity contribution in [3.05, 3.63) is 59.2 Å². The molecule has 2 aliphatic rings. The summed E-state index contributed by atoms with van der Waals surface area (Å²) in [6.45, 7) is 5.95. The third-order valence-corrected chi connectivity index (χ3v) is 7.55. The van der Waals surface area contributed by atoms with Gasteiger partial charge in [0.2, 0.25) is 10.0 Å². The Kier molecular flexibility index (Phi) is 7.98. The highest BCUT2D eigenvalue weighted by Gasteiger charge is 2.34. The number of hydrogen-bond acceptors (Lipinski definition) is 7. The molecule has 2 aromatic rings. The molecule has 0 aromatic heterocycles. The maximum atomic E-state index is 14.1. The van der Waals surface area contributed by atoms with Gasteiger partial charge in [-0.25, -0.2) is 21.9 Å². The van der Waals surface area contributed by atoms with Gasteiger partial charge < -0.3 is 9.47 Å². The van der Waals surface area contributed by atoms with Gasteiger partial charge in [0, 0.05) is 45.8 Å². The molecule has 2 saturated heterocycles. The Hall–Kier alpha value is -2.62. The van der Waals surface area contributed by atoms with E-state index in [4.69, 9.17) is 14.7 Å². The van der Waals surface area contributed by atoms with Crippen LogP contribution >= 0.6 is 0 Å². The van der Waals surface area contributed by atoms with E-state index in [2.05, 4.69) is 14.5 Å². The molecule has 2 aliphatic heterocycles. The van der Waals surface area contributed by atoms with Crippen molar-refractivity contribution < 1.29 is 26.7 Å². The van der Waals surface area contributed by atoms with Crippen molar-refractivity contribution >= 4 is 10.0 Å². The van der Waals surface area contributed by atoms with E-state index in [0.717, 1.165) is 6.07 Å². The Balaban J connectivity index is 1.21. The van der Waals surface area contributed by atoms with Gasteiger partial charge in [-0.15, -0.1) is 0 Å². The van der Waals surface area contributed by atoms with Crippen molar-refractivity contribution in [1.82, 2.24) is 14.5 Å². The summed E-state index contributed by atoms with van der Waals surface area (Å²) in [6, 6.07) is 10.1. The molecule has 2 heterocycles. The fourth-order valence-corrected chi connectivity index (χ4v) is 5.52. The summed E-state index contributed by atoms with van der Waals surface area (Å²) in [5.41, 5.74) is 0.902. The van der Waals surface area contributed by atoms with E-state index < -0.39 is 21.7 Å². The summed E-state index contributed by atoms with van der Waals surface area (Å²) < 4.78 is 67.0. The van der Waals surface area contributed by atoms with Crippen LogP contribution in [0.15, 0.2) is 41.3 Å². The smallest absolute Gasteiger partial charge is 0.243 e. The van der Waals surface area contributed by atoms with Crippen molar-refractivity contribution in [2.45, 2.75) is 24.0 Å². The molecule has 0 radical (unpaired) electrons. The Labute approximate surface area is 204 Å². The molecule has 0 spiro atoms. The van der Waals surface area contributed by atoms with Crippen molar-refractivity contribution in [3.63, 3.8) is 0 Å². The average molecular weight is 507 g/mol. The SMILES string of the molecule is Cc1ccc(S(=O)(=O)NCCN2CC3CN(CCOc4ccc(C#N)cc4F)CC(C2)O3)c(F)c1. The van der Waals surface area contributed by atoms with Gasteiger partial charge in [0.25, 0.3) is 0 Å². The summed E-state index contributed by atoms with van der Waals surface area (Å²) in [4.78, 5) is 4.01. The van der Waals surface area contributed by atoms with Gasteiger partial charge in [-0.05, 0) is 42.8 Å². The quantitative estimate of drug-likeness (QED) is 0.555. The van der Waals surface area contributed by atoms with Gasteiger partial charge in [0.15, 0.2) is 11.6 Å². The van der Waals surface area contributed by atoms with Crippen LogP contribution in [-0.2, 0) is 14.8 Å². The molecule has 0 saturated carbocycles. The van der Waals surface area contributed by atoms with Crippen LogP contribution in [0, 0.1) is 29.9 Å². The molecule has 188 valence electrons. The lowest BCUT2D eigenvalue weighted by Crippen LogP contribution is -2.60. The number of hydrogen-bond donors (Lipinski definition) is 1. The van der Waals surface area contributed by atoms with Crippen molar-refractivity contribution in [2.75, 3.05) is 52.4 Å². The number of fused-ring (bicyclic) bond motifs is 2. The lowest BCUT2D eigenvalue weighted by molar-refractivity contribution is -0.138. The van der Waals surface area contributed by atoms with Crippen LogP contribution in [0.5, 0.6) is 5.75 Å². The van der Waals surface area contributed by atoms with E-state index >= 15 is 0 Å². The molecular formula is C24H28F2N4O4S. The molecule has 11 heteroatoms. The van der Waals surface area contributed by atoms with E-state index in [1.54, 1.807) is 13.0 Å². The van der Waals surface area contributed by atoms with E-state index in [1.165, 1.54) is 24.3 Å². The first kappa shape index (κ1) is 25.5. The Morgan fingerprint density at radius 1 is 1.06 bits per heavy atom. The molecule has 35 heavy (non-hydrogen) atoms. The average Bonchev–Trinajstić information content (AvgIpc) is 2.79. The summed E-state index contributed by atoms with van der Waals surface area (Å²) >= 11 is 0. The highest BCUT2D eigenvalue weighted by molar-refractivity contribution is 7.89. The van der Waals surface area contributed by atoms with Gasteiger partial charge in [-0.1, -0.05) is 6.07 Å². The minimum Gasteiger partial charge on any atom is -0.489 e. The first-order valence-corrected chi connectivity index (χ1v) is 12.9. The second kappa shape index (κ2) is 11.0. The third kappa shape index (κ3) is 6.54. The lowest BCUT2D eigenvalue weighted by Gasteiger charge is -2.45. The molecule has 2 bridgehead atoms. The molecule has 2 fully saturated rings. The number of benzene rings is 2. The monoisotopic (exact) mass is 506 g/mol. The Morgan fingerprint density at radius 3 is 2.37 bits per heavy atom. The zero-order valence-electron chi connectivity index (χ0n) is 19.4. The number of nitrogens with zero attached hydrogens (tertiary/aromatic N) is 3. The van der Waals surface area contributed by atoms with Crippen LogP contribution in [-0.4, -0.2) is 82.8 Å². The van der Waals surface area contributed by atoms with Gasteiger partial charge in [0.1, 0.15) is 17.3 Å². The van der Waals surface area contributed by atoms with Gasteiger partial charge >= 0.3 is 0 Å². The summed E-state index contributed by atoms with van der Waals surface area (Å²) in [7, 11) is -3.92. The molecule has 4 rings (SSSR count). The minimum absolute atomic E-state index is 0.0275. The number of morpholine rings is 2. The maximum Gasteiger partial charge on any atom is 0.243 e. The fraction of sp³-hybridized carbons (Fsp3) is 0.458. The molecule has 2 unspecified atom stereocenters. The first-order chi connectivity index (χ1) is 16.7. The number of aryl methyl sites for hydroxylation is 1. The Bertz CT molecular complexity index is 1190. The molecule has 2 atom stereocenters. The summed E-state index contributed by atoms with van der Waals surface area (Å²) in [6.07, 6.45) is -0.0550. The number of ether oxygens (including phenoxy) is 2. The summed E-state index contributed by atoms with van der Waals surface area (Å²) in [5, 5.41) is 8.82. The van der Waals surface area contributed by atoms with Crippen LogP contribution in [0.1, 0.15) is 11.1 Å². The second-order valence-electron chi connectivity index (χ2n) is 8.84. The van der Waals surface area contributed by atoms with E-state index in [-0.39, 0.29) is 35.0 Å². The topological polar surface area (TPSA) is 94.9 Å². The van der Waals surface area contributed by atoms with Crippen molar-refractivity contribution in [2.24, 2.45) is 0 Å². The van der Waals surface area contributed by atoms with Crippen molar-refractivity contribution in [1.29, 1.82) is 5.26 Å². The maximum absolute atomic E-state index is 14.1. The zero-order chi connectivity index (χ0) is 25.0.